The van der Waals surface area contributed by atoms with Crippen LogP contribution in [0.4, 0.5) is 0 Å². The van der Waals surface area contributed by atoms with Crippen molar-refractivity contribution >= 4 is 15.9 Å². The first-order valence-corrected chi connectivity index (χ1v) is 6.00. The van der Waals surface area contributed by atoms with Crippen molar-refractivity contribution < 1.29 is 0 Å². The monoisotopic (exact) mass is 253 g/mol. The van der Waals surface area contributed by atoms with E-state index in [1.165, 1.54) is 28.4 Å². The summed E-state index contributed by atoms with van der Waals surface area (Å²) in [6.45, 7) is 2.96. The number of rotatable bonds is 3. The molecule has 0 aliphatic heterocycles. The van der Waals surface area contributed by atoms with Gasteiger partial charge in [0.1, 0.15) is 0 Å². The van der Waals surface area contributed by atoms with Gasteiger partial charge in [0.05, 0.1) is 0 Å². The maximum absolute atomic E-state index is 5.81. The van der Waals surface area contributed by atoms with Gasteiger partial charge in [-0.1, -0.05) is 35.0 Å². The Kier molecular flexibility index (Phi) is 2.67. The van der Waals surface area contributed by atoms with Crippen molar-refractivity contribution in [2.45, 2.75) is 31.6 Å². The van der Waals surface area contributed by atoms with Crippen LogP contribution in [0.25, 0.3) is 0 Å². The zero-order valence-electron chi connectivity index (χ0n) is 8.52. The van der Waals surface area contributed by atoms with Crippen LogP contribution >= 0.6 is 15.9 Å². The molecule has 1 nitrogen and oxygen atoms in total. The van der Waals surface area contributed by atoms with Crippen molar-refractivity contribution in [3.05, 3.63) is 33.8 Å². The second-order valence-electron chi connectivity index (χ2n) is 4.14. The van der Waals surface area contributed by atoms with Gasteiger partial charge in [0.25, 0.3) is 0 Å². The maximum Gasteiger partial charge on any atom is 0.0210 e. The molecule has 2 rings (SSSR count). The largest absolute Gasteiger partial charge is 0.330 e. The van der Waals surface area contributed by atoms with Crippen molar-refractivity contribution in [2.75, 3.05) is 6.54 Å². The molecular weight excluding hydrogens is 238 g/mol. The fourth-order valence-electron chi connectivity index (χ4n) is 1.93. The molecule has 1 aliphatic carbocycles. The van der Waals surface area contributed by atoms with Crippen molar-refractivity contribution in [3.8, 4) is 0 Å². The highest BCUT2D eigenvalue weighted by atomic mass is 79.9. The molecule has 0 atom stereocenters. The smallest absolute Gasteiger partial charge is 0.0210 e. The van der Waals surface area contributed by atoms with Crippen molar-refractivity contribution in [3.63, 3.8) is 0 Å². The van der Waals surface area contributed by atoms with Gasteiger partial charge in [-0.15, -0.1) is 0 Å². The van der Waals surface area contributed by atoms with Crippen LogP contribution < -0.4 is 5.73 Å². The summed E-state index contributed by atoms with van der Waals surface area (Å²) in [6.07, 6.45) is 3.58. The standard InChI is InChI=1S/C12H16BrN/c1-2-9-3-4-10(7-11(9)13)12(8-14)5-6-12/h3-4,7H,2,5-6,8,14H2,1H3. The number of benzene rings is 1. The molecule has 1 aromatic carbocycles. The van der Waals surface area contributed by atoms with E-state index in [1.54, 1.807) is 0 Å². The predicted octanol–water partition coefficient (Wildman–Crippen LogP) is 3.00. The second-order valence-corrected chi connectivity index (χ2v) is 5.00. The maximum atomic E-state index is 5.81. The van der Waals surface area contributed by atoms with Crippen molar-refractivity contribution in [2.24, 2.45) is 5.73 Å². The highest BCUT2D eigenvalue weighted by Gasteiger charge is 2.42. The van der Waals surface area contributed by atoms with E-state index < -0.39 is 0 Å². The topological polar surface area (TPSA) is 26.0 Å². The SMILES string of the molecule is CCc1ccc(C2(CN)CC2)cc1Br. The Morgan fingerprint density at radius 2 is 2.14 bits per heavy atom. The lowest BCUT2D eigenvalue weighted by atomic mass is 9.95. The molecule has 0 bridgehead atoms. The average molecular weight is 254 g/mol. The van der Waals surface area contributed by atoms with Gasteiger partial charge in [-0.2, -0.15) is 0 Å². The normalized spacial score (nSPS) is 18.2. The summed E-state index contributed by atoms with van der Waals surface area (Å²) in [5.74, 6) is 0. The Labute approximate surface area is 93.8 Å². The van der Waals surface area contributed by atoms with Crippen LogP contribution in [-0.2, 0) is 11.8 Å². The van der Waals surface area contributed by atoms with Gasteiger partial charge >= 0.3 is 0 Å². The molecule has 1 saturated carbocycles. The molecule has 14 heavy (non-hydrogen) atoms. The van der Waals surface area contributed by atoms with E-state index in [1.807, 2.05) is 0 Å². The van der Waals surface area contributed by atoms with E-state index in [9.17, 15) is 0 Å². The van der Waals surface area contributed by atoms with Crippen LogP contribution in [0.15, 0.2) is 22.7 Å². The number of hydrogen-bond donors (Lipinski definition) is 1. The average Bonchev–Trinajstić information content (AvgIpc) is 2.98. The van der Waals surface area contributed by atoms with Gasteiger partial charge in [-0.3, -0.25) is 0 Å². The lowest BCUT2D eigenvalue weighted by molar-refractivity contribution is 0.703. The minimum absolute atomic E-state index is 0.314. The molecular formula is C12H16BrN. The second kappa shape index (κ2) is 3.67. The Morgan fingerprint density at radius 3 is 2.57 bits per heavy atom. The fraction of sp³-hybridized carbons (Fsp3) is 0.500. The molecule has 0 amide bonds. The van der Waals surface area contributed by atoms with E-state index in [2.05, 4.69) is 41.1 Å². The zero-order valence-corrected chi connectivity index (χ0v) is 10.1. The molecule has 0 unspecified atom stereocenters. The Bertz CT molecular complexity index is 342. The molecule has 1 aromatic rings. The molecule has 76 valence electrons. The van der Waals surface area contributed by atoms with E-state index in [0.717, 1.165) is 13.0 Å². The van der Waals surface area contributed by atoms with Crippen LogP contribution in [-0.4, -0.2) is 6.54 Å². The summed E-state index contributed by atoms with van der Waals surface area (Å²) in [5.41, 5.74) is 8.90. The van der Waals surface area contributed by atoms with Gasteiger partial charge in [0.15, 0.2) is 0 Å². The van der Waals surface area contributed by atoms with Crippen LogP contribution in [0, 0.1) is 0 Å². The minimum Gasteiger partial charge on any atom is -0.330 e. The molecule has 1 aliphatic rings. The van der Waals surface area contributed by atoms with Crippen LogP contribution in [0.2, 0.25) is 0 Å². The third kappa shape index (κ3) is 1.61. The van der Waals surface area contributed by atoms with Crippen LogP contribution in [0.1, 0.15) is 30.9 Å². The summed E-state index contributed by atoms with van der Waals surface area (Å²) in [5, 5.41) is 0. The summed E-state index contributed by atoms with van der Waals surface area (Å²) in [4.78, 5) is 0. The number of halogens is 1. The molecule has 0 heterocycles. The third-order valence-electron chi connectivity index (χ3n) is 3.29. The van der Waals surface area contributed by atoms with Crippen molar-refractivity contribution in [1.82, 2.24) is 0 Å². The summed E-state index contributed by atoms with van der Waals surface area (Å²) in [7, 11) is 0. The highest BCUT2D eigenvalue weighted by molar-refractivity contribution is 9.10. The number of nitrogens with two attached hydrogens (primary N) is 1. The quantitative estimate of drug-likeness (QED) is 0.881. The molecule has 1 fully saturated rings. The van der Waals surface area contributed by atoms with E-state index in [0.29, 0.717) is 5.41 Å². The summed E-state index contributed by atoms with van der Waals surface area (Å²) < 4.78 is 1.23. The Hall–Kier alpha value is -0.340. The van der Waals surface area contributed by atoms with Gasteiger partial charge in [0, 0.05) is 16.4 Å². The fourth-order valence-corrected chi connectivity index (χ4v) is 2.58. The van der Waals surface area contributed by atoms with Crippen LogP contribution in [0.5, 0.6) is 0 Å². The molecule has 0 spiro atoms. The van der Waals surface area contributed by atoms with E-state index in [4.69, 9.17) is 5.73 Å². The molecule has 2 N–H and O–H groups in total. The number of aryl methyl sites for hydroxylation is 1. The Morgan fingerprint density at radius 1 is 1.43 bits per heavy atom. The van der Waals surface area contributed by atoms with Gasteiger partial charge < -0.3 is 5.73 Å². The predicted molar refractivity (Wildman–Crippen MR) is 63.5 cm³/mol. The Balaban J connectivity index is 2.33. The molecule has 0 saturated heterocycles. The zero-order chi connectivity index (χ0) is 10.2. The first-order chi connectivity index (χ1) is 6.72. The summed E-state index contributed by atoms with van der Waals surface area (Å²) in [6, 6.07) is 6.71. The summed E-state index contributed by atoms with van der Waals surface area (Å²) >= 11 is 3.62. The first kappa shape index (κ1) is 10.2. The lowest BCUT2D eigenvalue weighted by Crippen LogP contribution is -2.19. The highest BCUT2D eigenvalue weighted by Crippen LogP contribution is 2.47. The van der Waals surface area contributed by atoms with Gasteiger partial charge in [0.2, 0.25) is 0 Å². The third-order valence-corrected chi connectivity index (χ3v) is 4.03. The molecule has 2 heteroatoms. The van der Waals surface area contributed by atoms with Crippen LogP contribution in [0.3, 0.4) is 0 Å². The first-order valence-electron chi connectivity index (χ1n) is 5.21. The number of hydrogen-bond acceptors (Lipinski definition) is 1. The van der Waals surface area contributed by atoms with E-state index >= 15 is 0 Å². The molecule has 0 radical (unpaired) electrons. The lowest BCUT2D eigenvalue weighted by Gasteiger charge is -2.14. The van der Waals surface area contributed by atoms with Gasteiger partial charge in [-0.05, 0) is 36.5 Å². The minimum atomic E-state index is 0.314. The van der Waals surface area contributed by atoms with Gasteiger partial charge in [-0.25, -0.2) is 0 Å². The van der Waals surface area contributed by atoms with E-state index in [-0.39, 0.29) is 0 Å². The molecule has 0 aromatic heterocycles. The van der Waals surface area contributed by atoms with Crippen molar-refractivity contribution in [1.29, 1.82) is 0 Å².